The van der Waals surface area contributed by atoms with E-state index in [9.17, 15) is 4.79 Å². The van der Waals surface area contributed by atoms with Crippen LogP contribution in [0.1, 0.15) is 56.4 Å². The Balaban J connectivity index is 0. The second kappa shape index (κ2) is 10.2. The molecule has 0 aliphatic heterocycles. The topological polar surface area (TPSA) is 55.0 Å². The highest BCUT2D eigenvalue weighted by molar-refractivity contribution is 5.88. The van der Waals surface area contributed by atoms with Gasteiger partial charge in [-0.15, -0.1) is 0 Å². The molecule has 0 unspecified atom stereocenters. The van der Waals surface area contributed by atoms with Gasteiger partial charge in [0.15, 0.2) is 5.69 Å². The van der Waals surface area contributed by atoms with Gasteiger partial charge in [0.05, 0.1) is 6.61 Å². The summed E-state index contributed by atoms with van der Waals surface area (Å²) in [5.74, 6) is -0.362. The minimum atomic E-state index is -0.362. The van der Waals surface area contributed by atoms with Crippen LogP contribution in [-0.4, -0.2) is 22.8 Å². The van der Waals surface area contributed by atoms with Gasteiger partial charge in [0.1, 0.15) is 0 Å². The summed E-state index contributed by atoms with van der Waals surface area (Å²) in [6.45, 7) is 13.9. The maximum absolute atomic E-state index is 11.2. The molecule has 0 atom stereocenters. The van der Waals surface area contributed by atoms with E-state index in [1.54, 1.807) is 6.92 Å². The Morgan fingerprint density at radius 1 is 1.25 bits per heavy atom. The number of hydrogen-bond donors (Lipinski definition) is 1. The number of nitrogens with zero attached hydrogens (tertiary/aromatic N) is 1. The molecular formula is C12H24N2O2. The van der Waals surface area contributed by atoms with Crippen LogP contribution in [0.3, 0.4) is 0 Å². The van der Waals surface area contributed by atoms with E-state index in [4.69, 9.17) is 4.74 Å². The molecule has 1 N–H and O–H groups in total. The van der Waals surface area contributed by atoms with Gasteiger partial charge < -0.3 is 4.74 Å². The molecule has 0 saturated heterocycles. The van der Waals surface area contributed by atoms with E-state index in [1.807, 2.05) is 41.5 Å². The number of hydrogen-bond acceptors (Lipinski definition) is 3. The number of carbonyl (C=O) groups is 1. The van der Waals surface area contributed by atoms with Gasteiger partial charge in [-0.05, 0) is 20.8 Å². The highest BCUT2D eigenvalue weighted by Crippen LogP contribution is 2.09. The van der Waals surface area contributed by atoms with Crippen LogP contribution >= 0.6 is 0 Å². The van der Waals surface area contributed by atoms with E-state index in [2.05, 4.69) is 10.2 Å². The predicted octanol–water partition coefficient (Wildman–Crippen LogP) is 3.26. The third kappa shape index (κ3) is 4.96. The zero-order chi connectivity index (χ0) is 13.1. The Kier molecular flexibility index (Phi) is 10.9. The van der Waals surface area contributed by atoms with Gasteiger partial charge in [0, 0.05) is 11.3 Å². The lowest BCUT2D eigenvalue weighted by atomic mass is 10.2. The van der Waals surface area contributed by atoms with Crippen LogP contribution in [0.15, 0.2) is 0 Å². The monoisotopic (exact) mass is 228 g/mol. The number of aromatic nitrogens is 2. The molecule has 0 fully saturated rings. The van der Waals surface area contributed by atoms with Crippen LogP contribution < -0.4 is 0 Å². The number of carbonyl (C=O) groups excluding carboxylic acids is 1. The average Bonchev–Trinajstić information content (AvgIpc) is 2.66. The zero-order valence-electron chi connectivity index (χ0n) is 11.5. The van der Waals surface area contributed by atoms with Crippen molar-refractivity contribution in [2.75, 3.05) is 6.61 Å². The molecule has 4 heteroatoms. The smallest absolute Gasteiger partial charge is 0.359 e. The molecular weight excluding hydrogens is 204 g/mol. The number of ether oxygens (including phenoxy) is 1. The lowest BCUT2D eigenvalue weighted by Gasteiger charge is -1.97. The third-order valence-electron chi connectivity index (χ3n) is 1.72. The average molecular weight is 228 g/mol. The molecule has 0 saturated carbocycles. The molecule has 1 rings (SSSR count). The maximum Gasteiger partial charge on any atom is 0.359 e. The van der Waals surface area contributed by atoms with E-state index in [0.29, 0.717) is 12.3 Å². The van der Waals surface area contributed by atoms with Gasteiger partial charge in [-0.3, -0.25) is 5.10 Å². The van der Waals surface area contributed by atoms with Gasteiger partial charge in [0.25, 0.3) is 0 Å². The van der Waals surface area contributed by atoms with Crippen LogP contribution in [0.2, 0.25) is 0 Å². The van der Waals surface area contributed by atoms with Gasteiger partial charge >= 0.3 is 5.97 Å². The Bertz CT molecular complexity index is 293. The van der Waals surface area contributed by atoms with Gasteiger partial charge in [0.2, 0.25) is 0 Å². The van der Waals surface area contributed by atoms with E-state index in [1.165, 1.54) is 0 Å². The second-order valence-corrected chi connectivity index (χ2v) is 2.54. The summed E-state index contributed by atoms with van der Waals surface area (Å²) < 4.78 is 4.80. The number of nitrogens with one attached hydrogen (secondary N) is 1. The molecule has 1 heterocycles. The lowest BCUT2D eigenvalue weighted by Crippen LogP contribution is -2.06. The van der Waals surface area contributed by atoms with Crippen molar-refractivity contribution in [1.29, 1.82) is 0 Å². The molecule has 0 spiro atoms. The van der Waals surface area contributed by atoms with E-state index < -0.39 is 0 Å². The first-order valence-corrected chi connectivity index (χ1v) is 5.85. The van der Waals surface area contributed by atoms with Gasteiger partial charge in [-0.1, -0.05) is 27.7 Å². The minimum Gasteiger partial charge on any atom is -0.461 e. The maximum atomic E-state index is 11.2. The summed E-state index contributed by atoms with van der Waals surface area (Å²) in [5, 5.41) is 6.56. The highest BCUT2D eigenvalue weighted by atomic mass is 16.5. The predicted molar refractivity (Wildman–Crippen MR) is 66.7 cm³/mol. The normalized spacial score (nSPS) is 8.19. The number of rotatable bonds is 2. The standard InChI is InChI=1S/C8H12N2O2.2C2H6/c1-4-12-8(11)7-5(2)6(3)9-10-7;2*1-2/h4H2,1-3H3,(H,9,10);2*1-2H3. The quantitative estimate of drug-likeness (QED) is 0.790. The fraction of sp³-hybridized carbons (Fsp3) is 0.667. The number of aryl methyl sites for hydroxylation is 1. The SMILES string of the molecule is CC.CC.CCOC(=O)c1n[nH]c(C)c1C. The molecule has 0 radical (unpaired) electrons. The van der Waals surface area contributed by atoms with E-state index in [0.717, 1.165) is 11.3 Å². The largest absolute Gasteiger partial charge is 0.461 e. The molecule has 0 aromatic carbocycles. The summed E-state index contributed by atoms with van der Waals surface area (Å²) in [5.41, 5.74) is 2.14. The van der Waals surface area contributed by atoms with Crippen molar-refractivity contribution in [3.63, 3.8) is 0 Å². The first-order chi connectivity index (χ1) is 7.66. The van der Waals surface area contributed by atoms with Crippen molar-refractivity contribution in [3.8, 4) is 0 Å². The molecule has 0 amide bonds. The summed E-state index contributed by atoms with van der Waals surface area (Å²) in [6, 6.07) is 0. The fourth-order valence-corrected chi connectivity index (χ4v) is 0.883. The molecule has 0 bridgehead atoms. The number of aromatic amines is 1. The molecule has 0 aliphatic carbocycles. The second-order valence-electron chi connectivity index (χ2n) is 2.54. The van der Waals surface area contributed by atoms with Crippen molar-refractivity contribution in [1.82, 2.24) is 10.2 Å². The Morgan fingerprint density at radius 2 is 1.75 bits per heavy atom. The molecule has 0 aliphatic rings. The van der Waals surface area contributed by atoms with Crippen LogP contribution in [0.4, 0.5) is 0 Å². The van der Waals surface area contributed by atoms with Crippen LogP contribution in [0.5, 0.6) is 0 Å². The van der Waals surface area contributed by atoms with Crippen molar-refractivity contribution >= 4 is 5.97 Å². The zero-order valence-corrected chi connectivity index (χ0v) is 11.5. The molecule has 1 aromatic rings. The molecule has 94 valence electrons. The Hall–Kier alpha value is -1.32. The summed E-state index contributed by atoms with van der Waals surface area (Å²) in [6.07, 6.45) is 0. The van der Waals surface area contributed by atoms with Crippen LogP contribution in [0, 0.1) is 13.8 Å². The van der Waals surface area contributed by atoms with Crippen LogP contribution in [0.25, 0.3) is 0 Å². The molecule has 16 heavy (non-hydrogen) atoms. The van der Waals surface area contributed by atoms with Crippen molar-refractivity contribution in [3.05, 3.63) is 17.0 Å². The third-order valence-corrected chi connectivity index (χ3v) is 1.72. The van der Waals surface area contributed by atoms with Crippen molar-refractivity contribution < 1.29 is 9.53 Å². The number of H-pyrrole nitrogens is 1. The van der Waals surface area contributed by atoms with Crippen molar-refractivity contribution in [2.45, 2.75) is 48.5 Å². The first-order valence-electron chi connectivity index (χ1n) is 5.85. The highest BCUT2D eigenvalue weighted by Gasteiger charge is 2.14. The van der Waals surface area contributed by atoms with Gasteiger partial charge in [-0.2, -0.15) is 5.10 Å². The minimum absolute atomic E-state index is 0.362. The van der Waals surface area contributed by atoms with Gasteiger partial charge in [-0.25, -0.2) is 4.79 Å². The summed E-state index contributed by atoms with van der Waals surface area (Å²) >= 11 is 0. The number of esters is 1. The molecule has 4 nitrogen and oxygen atoms in total. The Labute approximate surface area is 98.4 Å². The first kappa shape index (κ1) is 17.1. The Morgan fingerprint density at radius 3 is 2.06 bits per heavy atom. The van der Waals surface area contributed by atoms with E-state index >= 15 is 0 Å². The lowest BCUT2D eigenvalue weighted by molar-refractivity contribution is 0.0518. The van der Waals surface area contributed by atoms with Crippen molar-refractivity contribution in [2.24, 2.45) is 0 Å². The fourth-order valence-electron chi connectivity index (χ4n) is 0.883. The molecule has 1 aromatic heterocycles. The van der Waals surface area contributed by atoms with E-state index in [-0.39, 0.29) is 5.97 Å². The van der Waals surface area contributed by atoms with Crippen LogP contribution in [-0.2, 0) is 4.74 Å². The summed E-state index contributed by atoms with van der Waals surface area (Å²) in [7, 11) is 0. The summed E-state index contributed by atoms with van der Waals surface area (Å²) in [4.78, 5) is 11.2.